The van der Waals surface area contributed by atoms with E-state index >= 15 is 0 Å². The fourth-order valence-corrected chi connectivity index (χ4v) is 7.38. The second-order valence-corrected chi connectivity index (χ2v) is 15.8. The molecule has 56 heavy (non-hydrogen) atoms. The summed E-state index contributed by atoms with van der Waals surface area (Å²) in [4.78, 5) is 8.93. The summed E-state index contributed by atoms with van der Waals surface area (Å²) in [6, 6.07) is 19.4. The number of hydrogen-bond acceptors (Lipinski definition) is 17. The number of carboxylic acid groups (broad SMARTS) is 1. The van der Waals surface area contributed by atoms with Gasteiger partial charge in [0.05, 0.1) is 32.9 Å². The number of nitrogens with two attached hydrogens (primary N) is 1. The molecule has 0 saturated carbocycles. The third-order valence-corrected chi connectivity index (χ3v) is 10.6. The molecular weight excluding hydrogens is 799 g/mol. The van der Waals surface area contributed by atoms with Crippen LogP contribution in [0.25, 0.3) is 21.5 Å². The minimum Gasteiger partial charge on any atom is -0.505 e. The molecular formula is C33H25N7O13S3. The molecule has 23 heteroatoms. The Labute approximate surface area is 316 Å². The van der Waals surface area contributed by atoms with Crippen molar-refractivity contribution in [1.29, 1.82) is 0 Å². The number of hydrogen-bond donors (Lipinski definition) is 9. The highest BCUT2D eigenvalue weighted by Crippen LogP contribution is 2.56. The Bertz CT molecular complexity index is 2920. The molecule has 10 N–H and O–H groups in total. The van der Waals surface area contributed by atoms with Crippen molar-refractivity contribution >= 4 is 98.4 Å². The number of aromatic carboxylic acids is 1. The zero-order valence-corrected chi connectivity index (χ0v) is 30.2. The van der Waals surface area contributed by atoms with Gasteiger partial charge in [0.15, 0.2) is 11.5 Å². The molecule has 0 saturated heterocycles. The van der Waals surface area contributed by atoms with E-state index in [1.54, 1.807) is 30.3 Å². The van der Waals surface area contributed by atoms with E-state index in [0.717, 1.165) is 6.07 Å². The van der Waals surface area contributed by atoms with Gasteiger partial charge < -0.3 is 34.7 Å². The van der Waals surface area contributed by atoms with Gasteiger partial charge in [-0.2, -0.15) is 27.1 Å². The van der Waals surface area contributed by atoms with Crippen LogP contribution in [0.2, 0.25) is 0 Å². The number of carboxylic acids is 1. The summed E-state index contributed by atoms with van der Waals surface area (Å²) in [7, 11) is -15.0. The number of rotatable bonds is 10. The van der Waals surface area contributed by atoms with Gasteiger partial charge in [-0.25, -0.2) is 4.79 Å². The molecule has 6 aromatic rings. The minimum atomic E-state index is -5.24. The van der Waals surface area contributed by atoms with Crippen LogP contribution in [0, 0.1) is 0 Å². The first-order valence-electron chi connectivity index (χ1n) is 15.3. The molecule has 6 aromatic carbocycles. The highest BCUT2D eigenvalue weighted by molar-refractivity contribution is 8.19. The van der Waals surface area contributed by atoms with Crippen molar-refractivity contribution in [3.05, 3.63) is 96.6 Å². The molecule has 0 amide bonds. The van der Waals surface area contributed by atoms with Crippen LogP contribution in [0.1, 0.15) is 10.4 Å². The molecule has 288 valence electrons. The Morgan fingerprint density at radius 3 is 1.79 bits per heavy atom. The van der Waals surface area contributed by atoms with Crippen LogP contribution in [-0.4, -0.2) is 60.9 Å². The van der Waals surface area contributed by atoms with Crippen LogP contribution in [0.15, 0.2) is 136 Å². The lowest BCUT2D eigenvalue weighted by Gasteiger charge is -2.23. The van der Waals surface area contributed by atoms with Crippen molar-refractivity contribution in [3.63, 3.8) is 0 Å². The summed E-state index contributed by atoms with van der Waals surface area (Å²) in [5.74, 6) is -3.25. The first-order chi connectivity index (χ1) is 26.3. The minimum absolute atomic E-state index is 0.0476. The summed E-state index contributed by atoms with van der Waals surface area (Å²) in [5, 5.41) is 54.0. The monoisotopic (exact) mass is 823 g/mol. The van der Waals surface area contributed by atoms with Gasteiger partial charge in [0.25, 0.3) is 20.2 Å². The average Bonchev–Trinajstić information content (AvgIpc) is 3.12. The first kappa shape index (κ1) is 39.3. The van der Waals surface area contributed by atoms with Crippen LogP contribution in [0.5, 0.6) is 11.5 Å². The highest BCUT2D eigenvalue weighted by atomic mass is 32.3. The first-order valence-corrected chi connectivity index (χ1v) is 19.6. The molecule has 0 radical (unpaired) electrons. The second kappa shape index (κ2) is 14.7. The Morgan fingerprint density at radius 2 is 1.14 bits per heavy atom. The molecule has 0 unspecified atom stereocenters. The standard InChI is InChI=1S/C33H25N7O13S3/c34-28-23(38-36-18-11-10-16-12-25(55(48,49)50)29(31(41)20(16)13-18)39-35-17-6-2-1-3-7-17)15-24(54(45,46)47)21-14-26(56(51,52)53)30(32(42)27(21)28)40-37-22-9-5-4-8-19(22)33(43)44/h1-15,41-42,51-53H,34H2,(H,43,44)(H,45,46,47)(H,48,49,50). The molecule has 0 atom stereocenters. The van der Waals surface area contributed by atoms with Crippen molar-refractivity contribution in [3.8, 4) is 11.5 Å². The fraction of sp³-hybridized carbons (Fsp3) is 0. The van der Waals surface area contributed by atoms with Crippen LogP contribution in [-0.2, 0) is 20.2 Å². The fourth-order valence-electron chi connectivity index (χ4n) is 5.35. The van der Waals surface area contributed by atoms with E-state index in [1.807, 2.05) is 0 Å². The van der Waals surface area contributed by atoms with E-state index in [4.69, 9.17) is 5.73 Å². The predicted molar refractivity (Wildman–Crippen MR) is 201 cm³/mol. The van der Waals surface area contributed by atoms with Gasteiger partial charge in [-0.15, -0.1) is 20.5 Å². The highest BCUT2D eigenvalue weighted by Gasteiger charge is 2.30. The summed E-state index contributed by atoms with van der Waals surface area (Å²) in [5.41, 5.74) is 3.39. The largest absolute Gasteiger partial charge is 0.505 e. The molecule has 0 heterocycles. The maximum absolute atomic E-state index is 12.6. The maximum Gasteiger partial charge on any atom is 0.337 e. The van der Waals surface area contributed by atoms with Gasteiger partial charge in [0.1, 0.15) is 43.4 Å². The van der Waals surface area contributed by atoms with Gasteiger partial charge in [-0.3, -0.25) is 9.11 Å². The van der Waals surface area contributed by atoms with Crippen molar-refractivity contribution in [1.82, 2.24) is 0 Å². The van der Waals surface area contributed by atoms with Crippen LogP contribution in [0.3, 0.4) is 0 Å². The molecule has 0 spiro atoms. The van der Waals surface area contributed by atoms with Crippen molar-refractivity contribution < 1.29 is 59.7 Å². The van der Waals surface area contributed by atoms with Crippen LogP contribution >= 0.6 is 10.9 Å². The number of nitrogens with zero attached hydrogens (tertiary/aromatic N) is 6. The third-order valence-electron chi connectivity index (χ3n) is 7.89. The predicted octanol–water partition coefficient (Wildman–Crippen LogP) is 9.01. The summed E-state index contributed by atoms with van der Waals surface area (Å²) in [6.07, 6.45) is 0. The number of nitrogen functional groups attached to an aromatic ring is 1. The van der Waals surface area contributed by atoms with Gasteiger partial charge in [0, 0.05) is 10.8 Å². The maximum atomic E-state index is 12.6. The molecule has 0 aliphatic rings. The van der Waals surface area contributed by atoms with E-state index < -0.39 is 96.8 Å². The van der Waals surface area contributed by atoms with Crippen LogP contribution < -0.4 is 5.73 Å². The lowest BCUT2D eigenvalue weighted by Crippen LogP contribution is -2.03. The number of fused-ring (bicyclic) bond motifs is 2. The lowest BCUT2D eigenvalue weighted by molar-refractivity contribution is 0.0697. The van der Waals surface area contributed by atoms with E-state index in [0.29, 0.717) is 17.8 Å². The van der Waals surface area contributed by atoms with E-state index in [1.165, 1.54) is 42.5 Å². The molecule has 0 aliphatic carbocycles. The number of aromatic hydroxyl groups is 2. The zero-order valence-electron chi connectivity index (χ0n) is 27.8. The Kier molecular flexibility index (Phi) is 10.3. The third kappa shape index (κ3) is 7.86. The summed E-state index contributed by atoms with van der Waals surface area (Å²) < 4.78 is 100. The smallest absolute Gasteiger partial charge is 0.337 e. The van der Waals surface area contributed by atoms with Crippen molar-refractivity contribution in [2.24, 2.45) is 30.7 Å². The molecule has 0 bridgehead atoms. The van der Waals surface area contributed by atoms with E-state index in [-0.39, 0.29) is 27.7 Å². The van der Waals surface area contributed by atoms with Gasteiger partial charge in [-0.1, -0.05) is 36.4 Å². The normalized spacial score (nSPS) is 13.1. The number of phenols is 2. The van der Waals surface area contributed by atoms with Gasteiger partial charge in [0.2, 0.25) is 0 Å². The van der Waals surface area contributed by atoms with Crippen molar-refractivity contribution in [2.45, 2.75) is 14.7 Å². The second-order valence-electron chi connectivity index (χ2n) is 11.5. The SMILES string of the molecule is Nc1c(N=Nc2ccc3cc(S(=O)(=O)O)c(N=Nc4ccccc4)c(O)c3c2)cc(S(=O)(=O)O)c2cc(S(O)(O)O)c(N=Nc3ccccc3C(=O)O)c(O)c12. The van der Waals surface area contributed by atoms with Gasteiger partial charge >= 0.3 is 5.97 Å². The molecule has 0 fully saturated rings. The lowest BCUT2D eigenvalue weighted by atomic mass is 10.0. The zero-order chi connectivity index (χ0) is 40.7. The Balaban J connectivity index is 1.52. The number of carbonyl (C=O) groups is 1. The number of benzene rings is 6. The van der Waals surface area contributed by atoms with Crippen LogP contribution in [0.4, 0.5) is 39.8 Å². The Hall–Kier alpha value is -6.44. The molecule has 0 aromatic heterocycles. The quantitative estimate of drug-likeness (QED) is 0.0353. The summed E-state index contributed by atoms with van der Waals surface area (Å²) >= 11 is 0. The van der Waals surface area contributed by atoms with Crippen molar-refractivity contribution in [2.75, 3.05) is 5.73 Å². The average molecular weight is 824 g/mol. The molecule has 6 rings (SSSR count). The number of anilines is 1. The Morgan fingerprint density at radius 1 is 0.554 bits per heavy atom. The van der Waals surface area contributed by atoms with Gasteiger partial charge in [-0.05, 0) is 60.0 Å². The number of phenolic OH excluding ortho intramolecular Hbond substituents is 2. The van der Waals surface area contributed by atoms with E-state index in [2.05, 4.69) is 30.7 Å². The number of azo groups is 3. The topological polar surface area (TPSA) is 347 Å². The van der Waals surface area contributed by atoms with E-state index in [9.17, 15) is 59.7 Å². The molecule has 0 aliphatic heterocycles. The summed E-state index contributed by atoms with van der Waals surface area (Å²) in [6.45, 7) is 0. The molecule has 20 nitrogen and oxygen atoms in total.